The molecule has 0 aromatic heterocycles. The largest absolute Gasteiger partial charge is 0.289 e. The maximum atomic E-state index is 13.4. The molecule has 0 bridgehead atoms. The Morgan fingerprint density at radius 2 is 1.33 bits per heavy atom. The summed E-state index contributed by atoms with van der Waals surface area (Å²) in [6, 6.07) is 15.4. The number of carbonyl (C=O) groups is 5. The Hall–Kier alpha value is -5.17. The van der Waals surface area contributed by atoms with E-state index in [1.54, 1.807) is 6.08 Å². The molecule has 6 rings (SSSR count). The highest BCUT2D eigenvalue weighted by atomic mass is 16.2. The molecule has 1 unspecified atom stereocenters. The molecular formula is C38H34N2O5. The van der Waals surface area contributed by atoms with Crippen molar-refractivity contribution in [1.82, 2.24) is 9.80 Å². The highest BCUT2D eigenvalue weighted by Crippen LogP contribution is 2.53. The smallest absolute Gasteiger partial charge is 0.265 e. The third-order valence-electron chi connectivity index (χ3n) is 9.32. The Kier molecular flexibility index (Phi) is 6.96. The second-order valence-corrected chi connectivity index (χ2v) is 12.9. The van der Waals surface area contributed by atoms with Gasteiger partial charge in [0.1, 0.15) is 0 Å². The van der Waals surface area contributed by atoms with Crippen molar-refractivity contribution < 1.29 is 24.0 Å². The van der Waals surface area contributed by atoms with E-state index >= 15 is 0 Å². The molecule has 2 aliphatic heterocycles. The average molecular weight is 599 g/mol. The van der Waals surface area contributed by atoms with E-state index in [0.717, 1.165) is 21.8 Å². The fourth-order valence-electron chi connectivity index (χ4n) is 7.08. The number of fused-ring (bicyclic) bond motifs is 3. The number of ketones is 1. The van der Waals surface area contributed by atoms with Crippen molar-refractivity contribution in [2.24, 2.45) is 0 Å². The molecule has 4 amide bonds. The summed E-state index contributed by atoms with van der Waals surface area (Å²) in [6.07, 6.45) is 10.2. The first-order valence-corrected chi connectivity index (χ1v) is 14.9. The van der Waals surface area contributed by atoms with E-state index in [4.69, 9.17) is 0 Å². The average Bonchev–Trinajstić information content (AvgIpc) is 3.48. The van der Waals surface area contributed by atoms with Gasteiger partial charge in [-0.3, -0.25) is 28.9 Å². The SMILES string of the molecule is C\C=C/C(=C\C=C\N1C(=O)c2ccc(C(=O)c3ccc4c(c3)C(=O)N(C)C4=O)cc2C1=O)C1(C)CC(C)(C)c2ccc(C)cc21. The number of imide groups is 2. The van der Waals surface area contributed by atoms with Crippen molar-refractivity contribution in [3.05, 3.63) is 141 Å². The van der Waals surface area contributed by atoms with E-state index < -0.39 is 29.4 Å². The molecule has 0 N–H and O–H groups in total. The van der Waals surface area contributed by atoms with Crippen molar-refractivity contribution in [3.63, 3.8) is 0 Å². The topological polar surface area (TPSA) is 91.8 Å². The second kappa shape index (κ2) is 10.5. The summed E-state index contributed by atoms with van der Waals surface area (Å²) >= 11 is 0. The Balaban J connectivity index is 1.27. The molecule has 1 aliphatic carbocycles. The summed E-state index contributed by atoms with van der Waals surface area (Å²) in [5.41, 5.74) is 5.78. The molecule has 7 heteroatoms. The van der Waals surface area contributed by atoms with Gasteiger partial charge < -0.3 is 0 Å². The normalized spacial score (nSPS) is 20.5. The van der Waals surface area contributed by atoms with Gasteiger partial charge in [-0.2, -0.15) is 0 Å². The van der Waals surface area contributed by atoms with Crippen LogP contribution in [0, 0.1) is 6.92 Å². The molecule has 3 aromatic carbocycles. The summed E-state index contributed by atoms with van der Waals surface area (Å²) < 4.78 is 0. The van der Waals surface area contributed by atoms with Crippen LogP contribution >= 0.6 is 0 Å². The number of hydrogen-bond acceptors (Lipinski definition) is 5. The monoisotopic (exact) mass is 598 g/mol. The van der Waals surface area contributed by atoms with E-state index in [2.05, 4.69) is 52.0 Å². The zero-order valence-corrected chi connectivity index (χ0v) is 26.2. The van der Waals surface area contributed by atoms with Gasteiger partial charge in [-0.25, -0.2) is 4.90 Å². The number of nitrogens with zero attached hydrogens (tertiary/aromatic N) is 2. The number of hydrogen-bond donors (Lipinski definition) is 0. The lowest BCUT2D eigenvalue weighted by Crippen LogP contribution is -2.24. The van der Waals surface area contributed by atoms with Crippen molar-refractivity contribution >= 4 is 29.4 Å². The van der Waals surface area contributed by atoms with Gasteiger partial charge in [0.15, 0.2) is 5.78 Å². The standard InChI is InChI=1S/C38H34N2O5/c1-7-9-25(38(5)21-37(3,4)30-16-11-22(2)18-31(30)38)10-8-17-40-35(44)27-15-13-24(20-29(27)36(40)45)32(41)23-12-14-26-28(19-23)34(43)39(6)33(26)42/h7-20H,21H2,1-6H3/b9-7-,17-8+,25-10+. The van der Waals surface area contributed by atoms with Crippen LogP contribution in [-0.2, 0) is 10.8 Å². The van der Waals surface area contributed by atoms with E-state index in [-0.39, 0.29) is 44.2 Å². The summed E-state index contributed by atoms with van der Waals surface area (Å²) in [5, 5.41) is 0. The molecule has 226 valence electrons. The molecule has 0 spiro atoms. The summed E-state index contributed by atoms with van der Waals surface area (Å²) in [7, 11) is 1.39. The zero-order chi connectivity index (χ0) is 32.4. The third kappa shape index (κ3) is 4.62. The van der Waals surface area contributed by atoms with Crippen LogP contribution in [0.5, 0.6) is 0 Å². The lowest BCUT2D eigenvalue weighted by atomic mass is 9.74. The Bertz CT molecular complexity index is 1960. The van der Waals surface area contributed by atoms with Gasteiger partial charge in [-0.15, -0.1) is 0 Å². The first-order valence-electron chi connectivity index (χ1n) is 14.9. The first kappa shape index (κ1) is 29.9. The minimum Gasteiger partial charge on any atom is -0.289 e. The van der Waals surface area contributed by atoms with Crippen LogP contribution in [0.4, 0.5) is 0 Å². The number of amides is 4. The number of allylic oxidation sites excluding steroid dienone is 5. The quantitative estimate of drug-likeness (QED) is 0.179. The maximum absolute atomic E-state index is 13.4. The third-order valence-corrected chi connectivity index (χ3v) is 9.32. The first-order chi connectivity index (χ1) is 21.3. The van der Waals surface area contributed by atoms with Gasteiger partial charge in [0.25, 0.3) is 23.6 Å². The molecule has 0 saturated carbocycles. The number of carbonyl (C=O) groups excluding carboxylic acids is 5. The predicted octanol–water partition coefficient (Wildman–Crippen LogP) is 6.70. The van der Waals surface area contributed by atoms with Crippen molar-refractivity contribution in [2.75, 3.05) is 7.05 Å². The summed E-state index contributed by atoms with van der Waals surface area (Å²) in [4.78, 5) is 66.8. The van der Waals surface area contributed by atoms with Crippen molar-refractivity contribution in [2.45, 2.75) is 51.9 Å². The van der Waals surface area contributed by atoms with Crippen LogP contribution in [0.3, 0.4) is 0 Å². The van der Waals surface area contributed by atoms with Crippen molar-refractivity contribution in [1.29, 1.82) is 0 Å². The number of benzene rings is 3. The van der Waals surface area contributed by atoms with E-state index in [0.29, 0.717) is 0 Å². The molecule has 3 aliphatic rings. The van der Waals surface area contributed by atoms with Gasteiger partial charge >= 0.3 is 0 Å². The van der Waals surface area contributed by atoms with E-state index in [1.807, 2.05) is 19.1 Å². The van der Waals surface area contributed by atoms with Gasteiger partial charge in [0.2, 0.25) is 0 Å². The molecular weight excluding hydrogens is 564 g/mol. The highest BCUT2D eigenvalue weighted by Gasteiger charge is 2.46. The molecule has 3 aromatic rings. The number of aryl methyl sites for hydroxylation is 1. The molecule has 0 saturated heterocycles. The Morgan fingerprint density at radius 3 is 1.98 bits per heavy atom. The predicted molar refractivity (Wildman–Crippen MR) is 171 cm³/mol. The molecule has 0 radical (unpaired) electrons. The van der Waals surface area contributed by atoms with Crippen LogP contribution in [-0.4, -0.2) is 46.3 Å². The Morgan fingerprint density at radius 1 is 0.756 bits per heavy atom. The number of rotatable bonds is 6. The summed E-state index contributed by atoms with van der Waals surface area (Å²) in [6.45, 7) is 10.8. The van der Waals surface area contributed by atoms with Crippen LogP contribution in [0.2, 0.25) is 0 Å². The van der Waals surface area contributed by atoms with Crippen LogP contribution in [0.15, 0.2) is 90.7 Å². The zero-order valence-electron chi connectivity index (χ0n) is 26.2. The van der Waals surface area contributed by atoms with Gasteiger partial charge in [-0.1, -0.05) is 74.9 Å². The fourth-order valence-corrected chi connectivity index (χ4v) is 7.08. The minimum absolute atomic E-state index is 0.0110. The lowest BCUT2D eigenvalue weighted by molar-refractivity contribution is 0.0686. The van der Waals surface area contributed by atoms with Gasteiger partial charge in [-0.05, 0) is 72.7 Å². The second-order valence-electron chi connectivity index (χ2n) is 12.9. The molecule has 45 heavy (non-hydrogen) atoms. The molecule has 7 nitrogen and oxygen atoms in total. The maximum Gasteiger partial charge on any atom is 0.265 e. The van der Waals surface area contributed by atoms with E-state index in [9.17, 15) is 24.0 Å². The molecule has 2 heterocycles. The van der Waals surface area contributed by atoms with Gasteiger partial charge in [0, 0.05) is 29.8 Å². The Labute approximate surface area is 262 Å². The van der Waals surface area contributed by atoms with E-state index in [1.165, 1.54) is 66.3 Å². The molecule has 1 atom stereocenters. The lowest BCUT2D eigenvalue weighted by Gasteiger charge is -2.29. The minimum atomic E-state index is -0.521. The van der Waals surface area contributed by atoms with Crippen molar-refractivity contribution in [3.8, 4) is 0 Å². The van der Waals surface area contributed by atoms with Crippen LogP contribution in [0.25, 0.3) is 0 Å². The molecule has 0 fully saturated rings. The summed E-state index contributed by atoms with van der Waals surface area (Å²) in [5.74, 6) is -2.31. The highest BCUT2D eigenvalue weighted by molar-refractivity contribution is 6.24. The van der Waals surface area contributed by atoms with Crippen LogP contribution < -0.4 is 0 Å². The van der Waals surface area contributed by atoms with Crippen LogP contribution in [0.1, 0.15) is 108 Å². The fraction of sp³-hybridized carbons (Fsp3) is 0.237. The van der Waals surface area contributed by atoms with Gasteiger partial charge in [0.05, 0.1) is 22.3 Å².